The summed E-state index contributed by atoms with van der Waals surface area (Å²) in [6.45, 7) is 11.4. The normalized spacial score (nSPS) is 21.6. The fourth-order valence-electron chi connectivity index (χ4n) is 2.06. The molecule has 14 heavy (non-hydrogen) atoms. The van der Waals surface area contributed by atoms with Gasteiger partial charge in [-0.1, -0.05) is 25.5 Å². The van der Waals surface area contributed by atoms with Crippen LogP contribution in [0, 0.1) is 5.92 Å². The van der Waals surface area contributed by atoms with Crippen LogP contribution in [0.4, 0.5) is 0 Å². The minimum atomic E-state index is 0.699. The van der Waals surface area contributed by atoms with Crippen molar-refractivity contribution in [3.05, 3.63) is 23.4 Å². The second-order valence-electron chi connectivity index (χ2n) is 4.23. The summed E-state index contributed by atoms with van der Waals surface area (Å²) in [4.78, 5) is 2.52. The van der Waals surface area contributed by atoms with E-state index in [0.29, 0.717) is 5.92 Å². The summed E-state index contributed by atoms with van der Waals surface area (Å²) in [6.07, 6.45) is 7.14. The Kier molecular flexibility index (Phi) is 4.24. The third-order valence-electron chi connectivity index (χ3n) is 2.91. The fraction of sp³-hybridized carbons (Fsp3) is 0.692. The molecule has 0 heterocycles. The van der Waals surface area contributed by atoms with Gasteiger partial charge in [0.15, 0.2) is 0 Å². The molecular weight excluding hydrogens is 170 g/mol. The van der Waals surface area contributed by atoms with Gasteiger partial charge in [-0.3, -0.25) is 0 Å². The molecule has 1 aliphatic carbocycles. The summed E-state index contributed by atoms with van der Waals surface area (Å²) in [6, 6.07) is 0. The van der Waals surface area contributed by atoms with E-state index in [1.54, 1.807) is 0 Å². The van der Waals surface area contributed by atoms with Crippen LogP contribution in [0.5, 0.6) is 0 Å². The highest BCUT2D eigenvalue weighted by atomic mass is 15.1. The van der Waals surface area contributed by atoms with Gasteiger partial charge in [0.05, 0.1) is 0 Å². The second kappa shape index (κ2) is 5.23. The Balaban J connectivity index is 2.76. The zero-order chi connectivity index (χ0) is 10.6. The van der Waals surface area contributed by atoms with E-state index in [9.17, 15) is 0 Å². The predicted octanol–water partition coefficient (Wildman–Crippen LogP) is 3.59. The Morgan fingerprint density at radius 3 is 2.71 bits per heavy atom. The van der Waals surface area contributed by atoms with Gasteiger partial charge in [0.25, 0.3) is 0 Å². The van der Waals surface area contributed by atoms with Crippen LogP contribution < -0.4 is 0 Å². The van der Waals surface area contributed by atoms with Crippen molar-refractivity contribution in [3.63, 3.8) is 0 Å². The zero-order valence-corrected chi connectivity index (χ0v) is 10.0. The maximum atomic E-state index is 2.52. The number of nitrogens with zero attached hydrogens (tertiary/aromatic N) is 1. The van der Waals surface area contributed by atoms with Crippen LogP contribution in [-0.2, 0) is 0 Å². The van der Waals surface area contributed by atoms with Gasteiger partial charge in [0, 0.05) is 18.8 Å². The molecule has 0 N–H and O–H groups in total. The molecule has 0 saturated carbocycles. The molecule has 80 valence electrons. The van der Waals surface area contributed by atoms with Crippen LogP contribution in [0.25, 0.3) is 0 Å². The Hall–Kier alpha value is -0.720. The van der Waals surface area contributed by atoms with Gasteiger partial charge in [0.2, 0.25) is 0 Å². The highest BCUT2D eigenvalue weighted by molar-refractivity contribution is 5.27. The molecule has 0 bridgehead atoms. The Morgan fingerprint density at radius 2 is 2.14 bits per heavy atom. The fourth-order valence-corrected chi connectivity index (χ4v) is 2.06. The number of rotatable bonds is 4. The maximum Gasteiger partial charge on any atom is 0.0172 e. The Morgan fingerprint density at radius 1 is 1.43 bits per heavy atom. The summed E-state index contributed by atoms with van der Waals surface area (Å²) in [5, 5.41) is 0. The molecule has 0 spiro atoms. The van der Waals surface area contributed by atoms with Gasteiger partial charge in [-0.15, -0.1) is 0 Å². The van der Waals surface area contributed by atoms with Crippen LogP contribution in [0.3, 0.4) is 0 Å². The van der Waals surface area contributed by atoms with E-state index in [0.717, 1.165) is 6.54 Å². The van der Waals surface area contributed by atoms with Crippen LogP contribution in [0.2, 0.25) is 0 Å². The molecule has 1 aliphatic rings. The van der Waals surface area contributed by atoms with Crippen molar-refractivity contribution >= 4 is 0 Å². The highest BCUT2D eigenvalue weighted by Crippen LogP contribution is 2.26. The van der Waals surface area contributed by atoms with E-state index in [4.69, 9.17) is 0 Å². The molecular formula is C13H23N. The largest absolute Gasteiger partial charge is 0.375 e. The first-order valence-electron chi connectivity index (χ1n) is 5.82. The Labute approximate surface area is 88.5 Å². The topological polar surface area (TPSA) is 3.24 Å². The number of allylic oxidation sites excluding steroid dienone is 4. The molecule has 0 aromatic carbocycles. The van der Waals surface area contributed by atoms with Gasteiger partial charge in [-0.05, 0) is 38.7 Å². The second-order valence-corrected chi connectivity index (χ2v) is 4.23. The standard InChI is InChI=1S/C13H23N/c1-5-9-14(6-2)13-10-11(3)7-8-12(13)4/h7,10,12H,5-6,8-9H2,1-4H3/t12-/m1/s1. The van der Waals surface area contributed by atoms with E-state index in [2.05, 4.69) is 44.7 Å². The van der Waals surface area contributed by atoms with Crippen LogP contribution in [0.15, 0.2) is 23.4 Å². The molecule has 1 rings (SSSR count). The average molecular weight is 193 g/mol. The summed E-state index contributed by atoms with van der Waals surface area (Å²) < 4.78 is 0. The molecule has 0 radical (unpaired) electrons. The summed E-state index contributed by atoms with van der Waals surface area (Å²) in [5.41, 5.74) is 2.96. The Bertz CT molecular complexity index is 238. The van der Waals surface area contributed by atoms with Crippen molar-refractivity contribution in [2.24, 2.45) is 5.92 Å². The van der Waals surface area contributed by atoms with Gasteiger partial charge in [0.1, 0.15) is 0 Å². The van der Waals surface area contributed by atoms with Gasteiger partial charge >= 0.3 is 0 Å². The molecule has 0 fully saturated rings. The zero-order valence-electron chi connectivity index (χ0n) is 10.0. The predicted molar refractivity (Wildman–Crippen MR) is 63.2 cm³/mol. The first-order valence-corrected chi connectivity index (χ1v) is 5.82. The number of hydrogen-bond acceptors (Lipinski definition) is 1. The van der Waals surface area contributed by atoms with E-state index in [-0.39, 0.29) is 0 Å². The van der Waals surface area contributed by atoms with E-state index in [1.165, 1.54) is 30.7 Å². The first kappa shape index (κ1) is 11.4. The van der Waals surface area contributed by atoms with Crippen molar-refractivity contribution in [2.75, 3.05) is 13.1 Å². The summed E-state index contributed by atoms with van der Waals surface area (Å²) in [7, 11) is 0. The lowest BCUT2D eigenvalue weighted by Crippen LogP contribution is -2.28. The van der Waals surface area contributed by atoms with Gasteiger partial charge in [-0.25, -0.2) is 0 Å². The monoisotopic (exact) mass is 193 g/mol. The quantitative estimate of drug-likeness (QED) is 0.659. The van der Waals surface area contributed by atoms with Crippen molar-refractivity contribution in [1.29, 1.82) is 0 Å². The van der Waals surface area contributed by atoms with E-state index < -0.39 is 0 Å². The van der Waals surface area contributed by atoms with Crippen molar-refractivity contribution < 1.29 is 0 Å². The lowest BCUT2D eigenvalue weighted by atomic mass is 9.94. The van der Waals surface area contributed by atoms with Crippen LogP contribution in [0.1, 0.15) is 40.5 Å². The summed E-state index contributed by atoms with van der Waals surface area (Å²) >= 11 is 0. The van der Waals surface area contributed by atoms with Gasteiger partial charge < -0.3 is 4.90 Å². The molecule has 1 heteroatoms. The molecule has 0 saturated heterocycles. The average Bonchev–Trinajstić information content (AvgIpc) is 2.18. The molecule has 1 atom stereocenters. The smallest absolute Gasteiger partial charge is 0.0172 e. The lowest BCUT2D eigenvalue weighted by Gasteiger charge is -2.31. The van der Waals surface area contributed by atoms with Crippen LogP contribution in [-0.4, -0.2) is 18.0 Å². The highest BCUT2D eigenvalue weighted by Gasteiger charge is 2.16. The molecule has 0 aliphatic heterocycles. The minimum Gasteiger partial charge on any atom is -0.375 e. The van der Waals surface area contributed by atoms with Crippen molar-refractivity contribution in [3.8, 4) is 0 Å². The SMILES string of the molecule is CCCN(CC)C1=CC(C)=CC[C@H]1C. The summed E-state index contributed by atoms with van der Waals surface area (Å²) in [5.74, 6) is 0.699. The maximum absolute atomic E-state index is 2.52. The molecule has 0 aromatic rings. The third kappa shape index (κ3) is 2.63. The molecule has 0 aromatic heterocycles. The number of hydrogen-bond donors (Lipinski definition) is 0. The molecule has 0 unspecified atom stereocenters. The van der Waals surface area contributed by atoms with Crippen molar-refractivity contribution in [1.82, 2.24) is 4.90 Å². The van der Waals surface area contributed by atoms with Crippen molar-refractivity contribution in [2.45, 2.75) is 40.5 Å². The third-order valence-corrected chi connectivity index (χ3v) is 2.91. The minimum absolute atomic E-state index is 0.699. The van der Waals surface area contributed by atoms with Crippen LogP contribution >= 0.6 is 0 Å². The van der Waals surface area contributed by atoms with E-state index in [1.807, 2.05) is 0 Å². The first-order chi connectivity index (χ1) is 6.69. The lowest BCUT2D eigenvalue weighted by molar-refractivity contribution is 0.319. The van der Waals surface area contributed by atoms with Gasteiger partial charge in [-0.2, -0.15) is 0 Å². The molecule has 0 amide bonds. The van der Waals surface area contributed by atoms with E-state index >= 15 is 0 Å². The molecule has 1 nitrogen and oxygen atoms in total.